The molecule has 0 fully saturated rings. The van der Waals surface area contributed by atoms with Crippen molar-refractivity contribution in [1.82, 2.24) is 0 Å². The molecule has 0 amide bonds. The predicted octanol–water partition coefficient (Wildman–Crippen LogP) is -0.372. The Bertz CT molecular complexity index is 213. The Balaban J connectivity index is 3.70. The number of nitrogens with zero attached hydrogens (tertiary/aromatic N) is 2. The van der Waals surface area contributed by atoms with Gasteiger partial charge >= 0.3 is 5.97 Å². The first-order chi connectivity index (χ1) is 4.66. The van der Waals surface area contributed by atoms with E-state index in [1.54, 1.807) is 0 Å². The number of carbonyl (C=O) groups excluding carboxylic acids is 2. The molecule has 0 N–H and O–H groups in total. The second kappa shape index (κ2) is 4.21. The van der Waals surface area contributed by atoms with Gasteiger partial charge in [0, 0.05) is 6.92 Å². The Hall–Kier alpha value is -1.70. The number of carbonyl (C=O) groups is 2. The van der Waals surface area contributed by atoms with Gasteiger partial charge in [-0.3, -0.25) is 4.79 Å². The summed E-state index contributed by atoms with van der Waals surface area (Å²) in [5.41, 5.74) is 0. The van der Waals surface area contributed by atoms with Gasteiger partial charge in [0.2, 0.25) is 0 Å². The molecule has 0 aliphatic carbocycles. The van der Waals surface area contributed by atoms with E-state index in [1.165, 1.54) is 6.07 Å². The summed E-state index contributed by atoms with van der Waals surface area (Å²) in [6.45, 7) is 1.13. The molecule has 0 radical (unpaired) electrons. The molecule has 0 heterocycles. The lowest BCUT2D eigenvalue weighted by atomic mass is 10.5. The molecule has 0 spiro atoms. The molecule has 0 aromatic carbocycles. The van der Waals surface area contributed by atoms with Gasteiger partial charge in [-0.1, -0.05) is 5.16 Å². The lowest BCUT2D eigenvalue weighted by molar-refractivity contribution is -0.140. The summed E-state index contributed by atoms with van der Waals surface area (Å²) in [5, 5.41) is 10.8. The summed E-state index contributed by atoms with van der Waals surface area (Å²) in [4.78, 5) is 24.0. The van der Waals surface area contributed by atoms with Crippen LogP contribution in [0, 0.1) is 11.3 Å². The zero-order chi connectivity index (χ0) is 7.98. The minimum absolute atomic E-state index is 0.626. The zero-order valence-electron chi connectivity index (χ0n) is 5.20. The highest BCUT2D eigenvalue weighted by atomic mass is 16.7. The van der Waals surface area contributed by atoms with Crippen molar-refractivity contribution in [2.75, 3.05) is 0 Å². The third kappa shape index (κ3) is 4.46. The maximum absolute atomic E-state index is 10.1. The summed E-state index contributed by atoms with van der Waals surface area (Å²) in [6, 6.07) is 1.26. The first kappa shape index (κ1) is 8.30. The number of nitriles is 1. The van der Waals surface area contributed by atoms with E-state index in [0.717, 1.165) is 6.92 Å². The first-order valence-corrected chi connectivity index (χ1v) is 2.32. The van der Waals surface area contributed by atoms with Crippen LogP contribution in [-0.4, -0.2) is 18.0 Å². The molecule has 0 saturated heterocycles. The summed E-state index contributed by atoms with van der Waals surface area (Å²) in [5.74, 6) is -1.50. The van der Waals surface area contributed by atoms with Crippen LogP contribution in [-0.2, 0) is 14.4 Å². The van der Waals surface area contributed by atoms with Gasteiger partial charge in [0.25, 0.3) is 5.78 Å². The van der Waals surface area contributed by atoms with Crippen molar-refractivity contribution in [3.05, 3.63) is 0 Å². The van der Waals surface area contributed by atoms with Crippen molar-refractivity contribution in [1.29, 1.82) is 5.26 Å². The van der Waals surface area contributed by atoms with Crippen LogP contribution in [0.2, 0.25) is 0 Å². The van der Waals surface area contributed by atoms with E-state index in [1.807, 2.05) is 0 Å². The zero-order valence-corrected chi connectivity index (χ0v) is 5.20. The van der Waals surface area contributed by atoms with E-state index >= 15 is 0 Å². The lowest BCUT2D eigenvalue weighted by Gasteiger charge is -1.83. The molecule has 5 heteroatoms. The Labute approximate surface area is 56.9 Å². The number of rotatable bonds is 2. The fraction of sp³-hybridized carbons (Fsp3) is 0.200. The topological polar surface area (TPSA) is 79.5 Å². The second-order valence-corrected chi connectivity index (χ2v) is 1.29. The monoisotopic (exact) mass is 140 g/mol. The van der Waals surface area contributed by atoms with Crippen LogP contribution in [0.1, 0.15) is 6.92 Å². The third-order valence-electron chi connectivity index (χ3n) is 0.461. The van der Waals surface area contributed by atoms with E-state index in [4.69, 9.17) is 5.26 Å². The summed E-state index contributed by atoms with van der Waals surface area (Å²) < 4.78 is 0. The molecule has 0 unspecified atom stereocenters. The van der Waals surface area contributed by atoms with Crippen molar-refractivity contribution < 1.29 is 14.4 Å². The highest BCUT2D eigenvalue weighted by molar-refractivity contribution is 6.34. The first-order valence-electron chi connectivity index (χ1n) is 2.32. The summed E-state index contributed by atoms with van der Waals surface area (Å²) in [7, 11) is 0. The Morgan fingerprint density at radius 2 is 2.30 bits per heavy atom. The van der Waals surface area contributed by atoms with E-state index in [2.05, 4.69) is 9.99 Å². The Kier molecular flexibility index (Phi) is 3.49. The highest BCUT2D eigenvalue weighted by Crippen LogP contribution is 1.74. The fourth-order valence-electron chi connectivity index (χ4n) is 0.177. The molecule has 0 atom stereocenters. The quantitative estimate of drug-likeness (QED) is 0.227. The van der Waals surface area contributed by atoms with Crippen molar-refractivity contribution in [3.8, 4) is 6.07 Å². The van der Waals surface area contributed by atoms with Gasteiger partial charge in [-0.05, 0) is 0 Å². The summed E-state index contributed by atoms with van der Waals surface area (Å²) in [6.07, 6.45) is 0.626. The minimum Gasteiger partial charge on any atom is -0.318 e. The van der Waals surface area contributed by atoms with E-state index in [9.17, 15) is 9.59 Å². The smallest absolute Gasteiger partial charge is 0.318 e. The van der Waals surface area contributed by atoms with E-state index in [-0.39, 0.29) is 0 Å². The molecule has 0 aliphatic heterocycles. The van der Waals surface area contributed by atoms with E-state index in [0.29, 0.717) is 6.21 Å². The molecule has 52 valence electrons. The van der Waals surface area contributed by atoms with Gasteiger partial charge < -0.3 is 4.84 Å². The van der Waals surface area contributed by atoms with Crippen LogP contribution < -0.4 is 0 Å². The standard InChI is InChI=1S/C5H4N2O3/c1-4(8)10-7-3-5(9)2-6/h3H,1H3/b7-3+. The van der Waals surface area contributed by atoms with Crippen molar-refractivity contribution >= 4 is 18.0 Å². The van der Waals surface area contributed by atoms with Gasteiger partial charge in [-0.15, -0.1) is 0 Å². The Morgan fingerprint density at radius 1 is 1.70 bits per heavy atom. The van der Waals surface area contributed by atoms with Gasteiger partial charge in [0.15, 0.2) is 0 Å². The molecule has 0 aromatic heterocycles. The van der Waals surface area contributed by atoms with Crippen molar-refractivity contribution in [2.45, 2.75) is 6.92 Å². The molecule has 5 nitrogen and oxygen atoms in total. The number of hydrogen-bond acceptors (Lipinski definition) is 5. The molecular formula is C5H4N2O3. The normalized spacial score (nSPS) is 8.80. The number of ketones is 1. The van der Waals surface area contributed by atoms with Gasteiger partial charge in [0.1, 0.15) is 12.3 Å². The average molecular weight is 140 g/mol. The predicted molar refractivity (Wildman–Crippen MR) is 30.9 cm³/mol. The van der Waals surface area contributed by atoms with Gasteiger partial charge in [-0.25, -0.2) is 4.79 Å². The second-order valence-electron chi connectivity index (χ2n) is 1.29. The maximum Gasteiger partial charge on any atom is 0.331 e. The molecule has 10 heavy (non-hydrogen) atoms. The van der Waals surface area contributed by atoms with Crippen molar-refractivity contribution in [3.63, 3.8) is 0 Å². The van der Waals surface area contributed by atoms with Crippen LogP contribution in [0.5, 0.6) is 0 Å². The number of Topliss-reactive ketones (excluding diaryl/α,β-unsaturated/α-hetero) is 1. The number of oxime groups is 1. The number of hydrogen-bond donors (Lipinski definition) is 0. The van der Waals surface area contributed by atoms with Gasteiger partial charge in [-0.2, -0.15) is 5.26 Å². The Morgan fingerprint density at radius 3 is 2.70 bits per heavy atom. The van der Waals surface area contributed by atoms with Crippen LogP contribution in [0.15, 0.2) is 5.16 Å². The fourth-order valence-corrected chi connectivity index (χ4v) is 0.177. The minimum atomic E-state index is -0.860. The molecule has 0 aliphatic rings. The molecule has 0 bridgehead atoms. The third-order valence-corrected chi connectivity index (χ3v) is 0.461. The molecular weight excluding hydrogens is 136 g/mol. The molecule has 0 saturated carbocycles. The molecule has 0 aromatic rings. The van der Waals surface area contributed by atoms with Crippen LogP contribution in [0.4, 0.5) is 0 Å². The highest BCUT2D eigenvalue weighted by Gasteiger charge is 1.92. The van der Waals surface area contributed by atoms with Crippen LogP contribution in [0.25, 0.3) is 0 Å². The molecule has 0 rings (SSSR count). The van der Waals surface area contributed by atoms with Crippen molar-refractivity contribution in [2.24, 2.45) is 5.16 Å². The van der Waals surface area contributed by atoms with Crippen LogP contribution >= 0.6 is 0 Å². The SMILES string of the molecule is CC(=O)O/N=C/C(=O)C#N. The van der Waals surface area contributed by atoms with Crippen LogP contribution in [0.3, 0.4) is 0 Å². The summed E-state index contributed by atoms with van der Waals surface area (Å²) >= 11 is 0. The largest absolute Gasteiger partial charge is 0.331 e. The average Bonchev–Trinajstić information content (AvgIpc) is 1.87. The van der Waals surface area contributed by atoms with Gasteiger partial charge in [0.05, 0.1) is 0 Å². The lowest BCUT2D eigenvalue weighted by Crippen LogP contribution is -1.97. The maximum atomic E-state index is 10.1. The van der Waals surface area contributed by atoms with E-state index < -0.39 is 11.8 Å².